The number of hydrogen-bond donors (Lipinski definition) is 1. The van der Waals surface area contributed by atoms with Gasteiger partial charge in [-0.05, 0) is 12.8 Å². The van der Waals surface area contributed by atoms with E-state index in [0.29, 0.717) is 6.04 Å². The van der Waals surface area contributed by atoms with Gasteiger partial charge in [0.25, 0.3) is 0 Å². The Morgan fingerprint density at radius 2 is 2.00 bits per heavy atom. The molecule has 0 bridgehead atoms. The second-order valence-electron chi connectivity index (χ2n) is 5.85. The molecule has 1 aliphatic rings. The van der Waals surface area contributed by atoms with Crippen molar-refractivity contribution in [2.24, 2.45) is 0 Å². The fourth-order valence-electron chi connectivity index (χ4n) is 2.44. The molecular formula is C17H22N2S. The van der Waals surface area contributed by atoms with Crippen LogP contribution in [0.15, 0.2) is 30.3 Å². The lowest BCUT2D eigenvalue weighted by Gasteiger charge is -2.22. The number of nitrogens with zero attached hydrogens (tertiary/aromatic N) is 1. The maximum Gasteiger partial charge on any atom is 0.0966 e. The highest BCUT2D eigenvalue weighted by atomic mass is 32.1. The lowest BCUT2D eigenvalue weighted by Crippen LogP contribution is -2.21. The van der Waals surface area contributed by atoms with Gasteiger partial charge >= 0.3 is 0 Å². The summed E-state index contributed by atoms with van der Waals surface area (Å²) in [6.07, 6.45) is 4.00. The van der Waals surface area contributed by atoms with E-state index in [-0.39, 0.29) is 0 Å². The van der Waals surface area contributed by atoms with Crippen LogP contribution < -0.4 is 5.32 Å². The van der Waals surface area contributed by atoms with Crippen LogP contribution in [0.2, 0.25) is 0 Å². The molecule has 106 valence electrons. The second-order valence-corrected chi connectivity index (χ2v) is 6.97. The quantitative estimate of drug-likeness (QED) is 0.870. The van der Waals surface area contributed by atoms with E-state index < -0.39 is 0 Å². The van der Waals surface area contributed by atoms with Crippen LogP contribution in [0.25, 0.3) is 11.3 Å². The molecule has 0 radical (unpaired) electrons. The summed E-state index contributed by atoms with van der Waals surface area (Å²) in [5, 5.41) is 4.87. The molecule has 1 heterocycles. The van der Waals surface area contributed by atoms with Gasteiger partial charge in [-0.1, -0.05) is 50.6 Å². The van der Waals surface area contributed by atoms with Crippen molar-refractivity contribution in [3.8, 4) is 11.3 Å². The number of benzene rings is 1. The van der Waals surface area contributed by atoms with Gasteiger partial charge in [-0.2, -0.15) is 0 Å². The summed E-state index contributed by atoms with van der Waals surface area (Å²) in [5.74, 6) is 0.718. The third kappa shape index (κ3) is 2.94. The van der Waals surface area contributed by atoms with E-state index in [9.17, 15) is 0 Å². The molecule has 1 aromatic heterocycles. The van der Waals surface area contributed by atoms with Crippen molar-refractivity contribution < 1.29 is 0 Å². The maximum atomic E-state index is 4.96. The molecule has 0 amide bonds. The minimum Gasteiger partial charge on any atom is -0.310 e. The predicted molar refractivity (Wildman–Crippen MR) is 86.1 cm³/mol. The van der Waals surface area contributed by atoms with Gasteiger partial charge in [0.2, 0.25) is 0 Å². The first kappa shape index (κ1) is 13.8. The zero-order valence-electron chi connectivity index (χ0n) is 12.2. The van der Waals surface area contributed by atoms with Gasteiger partial charge in [0, 0.05) is 28.9 Å². The monoisotopic (exact) mass is 286 g/mol. The van der Waals surface area contributed by atoms with Crippen molar-refractivity contribution in [1.82, 2.24) is 10.3 Å². The van der Waals surface area contributed by atoms with E-state index >= 15 is 0 Å². The van der Waals surface area contributed by atoms with E-state index in [4.69, 9.17) is 4.98 Å². The molecule has 2 nitrogen and oxygen atoms in total. The van der Waals surface area contributed by atoms with Gasteiger partial charge in [-0.25, -0.2) is 4.98 Å². The molecule has 1 aliphatic carbocycles. The average molecular weight is 286 g/mol. The number of nitrogens with one attached hydrogen (secondary N) is 1. The molecule has 0 aliphatic heterocycles. The number of hydrogen-bond acceptors (Lipinski definition) is 3. The Morgan fingerprint density at radius 1 is 1.25 bits per heavy atom. The summed E-state index contributed by atoms with van der Waals surface area (Å²) >= 11 is 1.91. The molecule has 0 saturated heterocycles. The van der Waals surface area contributed by atoms with E-state index in [1.807, 2.05) is 11.3 Å². The van der Waals surface area contributed by atoms with Crippen LogP contribution in [0.4, 0.5) is 0 Å². The van der Waals surface area contributed by atoms with Gasteiger partial charge in [0.15, 0.2) is 0 Å². The summed E-state index contributed by atoms with van der Waals surface area (Å²) in [4.78, 5) is 6.34. The summed E-state index contributed by atoms with van der Waals surface area (Å²) in [6, 6.07) is 11.1. The third-order valence-corrected chi connectivity index (χ3v) is 5.10. The van der Waals surface area contributed by atoms with Crippen LogP contribution in [0.1, 0.15) is 48.9 Å². The molecule has 1 saturated carbocycles. The number of aromatic nitrogens is 1. The molecular weight excluding hydrogens is 264 g/mol. The van der Waals surface area contributed by atoms with Gasteiger partial charge in [-0.3, -0.25) is 0 Å². The van der Waals surface area contributed by atoms with Crippen molar-refractivity contribution in [2.75, 3.05) is 0 Å². The second kappa shape index (κ2) is 6.06. The Morgan fingerprint density at radius 3 is 2.60 bits per heavy atom. The smallest absolute Gasteiger partial charge is 0.0966 e. The molecule has 2 aromatic rings. The summed E-state index contributed by atoms with van der Waals surface area (Å²) in [7, 11) is 0. The van der Waals surface area contributed by atoms with E-state index in [1.165, 1.54) is 40.4 Å². The third-order valence-electron chi connectivity index (χ3n) is 3.89. The van der Waals surface area contributed by atoms with Crippen molar-refractivity contribution in [2.45, 2.75) is 51.6 Å². The Kier molecular flexibility index (Phi) is 4.18. The molecule has 3 heteroatoms. The van der Waals surface area contributed by atoms with Crippen molar-refractivity contribution in [3.05, 3.63) is 40.2 Å². The molecule has 0 unspecified atom stereocenters. The number of thiazole rings is 1. The minimum absolute atomic E-state index is 0.507. The largest absolute Gasteiger partial charge is 0.310 e. The number of rotatable bonds is 5. The normalized spacial score (nSPS) is 15.6. The van der Waals surface area contributed by atoms with Crippen molar-refractivity contribution in [1.29, 1.82) is 0 Å². The van der Waals surface area contributed by atoms with Gasteiger partial charge in [0.1, 0.15) is 0 Å². The fraction of sp³-hybridized carbons (Fsp3) is 0.471. The molecule has 1 N–H and O–H groups in total. The summed E-state index contributed by atoms with van der Waals surface area (Å²) in [5.41, 5.74) is 2.43. The van der Waals surface area contributed by atoms with Gasteiger partial charge in [0.05, 0.1) is 10.7 Å². The van der Waals surface area contributed by atoms with Gasteiger partial charge in [-0.15, -0.1) is 11.3 Å². The SMILES string of the molecule is CC(C)NCc1sc(C2CCC2)nc1-c1ccccc1. The first-order chi connectivity index (χ1) is 9.74. The van der Waals surface area contributed by atoms with Crippen LogP contribution in [-0.4, -0.2) is 11.0 Å². The Labute approximate surface area is 125 Å². The predicted octanol–water partition coefficient (Wildman–Crippen LogP) is 4.58. The first-order valence-electron chi connectivity index (χ1n) is 7.52. The molecule has 3 rings (SSSR count). The summed E-state index contributed by atoms with van der Waals surface area (Å²) < 4.78 is 0. The van der Waals surface area contributed by atoms with Crippen LogP contribution in [0.3, 0.4) is 0 Å². The first-order valence-corrected chi connectivity index (χ1v) is 8.34. The molecule has 0 atom stereocenters. The van der Waals surface area contributed by atoms with Crippen molar-refractivity contribution in [3.63, 3.8) is 0 Å². The zero-order valence-corrected chi connectivity index (χ0v) is 13.0. The highest BCUT2D eigenvalue weighted by molar-refractivity contribution is 7.12. The Hall–Kier alpha value is -1.19. The summed E-state index contributed by atoms with van der Waals surface area (Å²) in [6.45, 7) is 5.30. The maximum absolute atomic E-state index is 4.96. The highest BCUT2D eigenvalue weighted by Crippen LogP contribution is 2.41. The lowest BCUT2D eigenvalue weighted by atomic mass is 9.86. The van der Waals surface area contributed by atoms with E-state index in [0.717, 1.165) is 12.5 Å². The Balaban J connectivity index is 1.90. The fourth-order valence-corrected chi connectivity index (χ4v) is 3.65. The topological polar surface area (TPSA) is 24.9 Å². The van der Waals surface area contributed by atoms with Crippen LogP contribution >= 0.6 is 11.3 Å². The molecule has 20 heavy (non-hydrogen) atoms. The van der Waals surface area contributed by atoms with Crippen LogP contribution in [0.5, 0.6) is 0 Å². The van der Waals surface area contributed by atoms with Crippen LogP contribution in [-0.2, 0) is 6.54 Å². The average Bonchev–Trinajstić information content (AvgIpc) is 2.79. The Bertz CT molecular complexity index is 556. The zero-order chi connectivity index (χ0) is 13.9. The van der Waals surface area contributed by atoms with Gasteiger partial charge < -0.3 is 5.32 Å². The van der Waals surface area contributed by atoms with Crippen LogP contribution in [0, 0.1) is 0 Å². The highest BCUT2D eigenvalue weighted by Gasteiger charge is 2.24. The lowest BCUT2D eigenvalue weighted by molar-refractivity contribution is 0.418. The molecule has 0 spiro atoms. The van der Waals surface area contributed by atoms with E-state index in [1.54, 1.807) is 0 Å². The standard InChI is InChI=1S/C17H22N2S/c1-12(2)18-11-15-16(13-7-4-3-5-8-13)19-17(20-15)14-9-6-10-14/h3-5,7-8,12,14,18H,6,9-11H2,1-2H3. The minimum atomic E-state index is 0.507. The van der Waals surface area contributed by atoms with E-state index in [2.05, 4.69) is 49.5 Å². The van der Waals surface area contributed by atoms with Crippen molar-refractivity contribution >= 4 is 11.3 Å². The molecule has 1 aromatic carbocycles. The molecule has 1 fully saturated rings.